The van der Waals surface area contributed by atoms with Crippen molar-refractivity contribution < 1.29 is 14.6 Å². The number of aliphatic hydroxyl groups is 1. The van der Waals surface area contributed by atoms with E-state index in [0.29, 0.717) is 25.0 Å². The molecule has 2 N–H and O–H groups in total. The monoisotopic (exact) mass is 301 g/mol. The van der Waals surface area contributed by atoms with Crippen LogP contribution in [0.5, 0.6) is 0 Å². The molecule has 1 saturated heterocycles. The molecular formula is C18H23NO3. The van der Waals surface area contributed by atoms with Gasteiger partial charge < -0.3 is 15.2 Å². The number of aryl methyl sites for hydroxylation is 1. The Morgan fingerprint density at radius 1 is 1.32 bits per heavy atom. The van der Waals surface area contributed by atoms with Crippen molar-refractivity contribution in [2.45, 2.75) is 50.0 Å². The zero-order chi connectivity index (χ0) is 15.2. The molecule has 118 valence electrons. The molecule has 4 nitrogen and oxygen atoms in total. The Hall–Kier alpha value is -1.55. The van der Waals surface area contributed by atoms with Crippen LogP contribution >= 0.6 is 0 Å². The molecule has 0 bridgehead atoms. The Labute approximate surface area is 130 Å². The number of hydrogen-bond acceptors (Lipinski definition) is 3. The van der Waals surface area contributed by atoms with E-state index in [1.165, 1.54) is 16.7 Å². The van der Waals surface area contributed by atoms with Gasteiger partial charge in [-0.3, -0.25) is 0 Å². The van der Waals surface area contributed by atoms with Crippen LogP contribution in [0.15, 0.2) is 18.2 Å². The second kappa shape index (κ2) is 5.27. The lowest BCUT2D eigenvalue weighted by molar-refractivity contribution is 0.172. The molecule has 1 aromatic carbocycles. The van der Waals surface area contributed by atoms with Gasteiger partial charge in [-0.15, -0.1) is 0 Å². The van der Waals surface area contributed by atoms with E-state index in [9.17, 15) is 9.90 Å². The summed E-state index contributed by atoms with van der Waals surface area (Å²) in [6, 6.07) is 6.87. The molecule has 0 aromatic heterocycles. The lowest BCUT2D eigenvalue weighted by Crippen LogP contribution is -2.40. The van der Waals surface area contributed by atoms with Crippen molar-refractivity contribution in [3.05, 3.63) is 34.9 Å². The van der Waals surface area contributed by atoms with Gasteiger partial charge in [0, 0.05) is 6.61 Å². The third-order valence-electron chi connectivity index (χ3n) is 5.75. The fourth-order valence-corrected chi connectivity index (χ4v) is 4.41. The third-order valence-corrected chi connectivity index (χ3v) is 5.75. The Morgan fingerprint density at radius 3 is 3.00 bits per heavy atom. The summed E-state index contributed by atoms with van der Waals surface area (Å²) in [6.07, 6.45) is 6.01. The van der Waals surface area contributed by atoms with Crippen LogP contribution in [0.4, 0.5) is 4.79 Å². The number of rotatable bonds is 2. The number of alkyl carbamates (subject to hydrolysis) is 1. The fourth-order valence-electron chi connectivity index (χ4n) is 4.41. The summed E-state index contributed by atoms with van der Waals surface area (Å²) in [5, 5.41) is 12.4. The van der Waals surface area contributed by atoms with Gasteiger partial charge in [0.1, 0.15) is 6.61 Å². The summed E-state index contributed by atoms with van der Waals surface area (Å²) in [6.45, 7) is 0.817. The molecule has 0 radical (unpaired) electrons. The lowest BCUT2D eigenvalue weighted by atomic mass is 9.82. The van der Waals surface area contributed by atoms with Crippen LogP contribution in [0.1, 0.15) is 48.3 Å². The van der Waals surface area contributed by atoms with Gasteiger partial charge in [0.05, 0.1) is 5.54 Å². The third kappa shape index (κ3) is 2.39. The van der Waals surface area contributed by atoms with E-state index < -0.39 is 0 Å². The maximum absolute atomic E-state index is 11.3. The average Bonchev–Trinajstić information content (AvgIpc) is 3.13. The highest BCUT2D eigenvalue weighted by molar-refractivity contribution is 5.70. The minimum atomic E-state index is -0.263. The molecule has 0 unspecified atom stereocenters. The number of carbonyl (C=O) groups excluding carboxylic acids is 1. The van der Waals surface area contributed by atoms with Crippen LogP contribution in [-0.2, 0) is 17.6 Å². The summed E-state index contributed by atoms with van der Waals surface area (Å²) in [7, 11) is 0. The molecule has 2 fully saturated rings. The Bertz CT molecular complexity index is 600. The van der Waals surface area contributed by atoms with E-state index in [0.717, 1.165) is 38.5 Å². The largest absolute Gasteiger partial charge is 0.447 e. The quantitative estimate of drug-likeness (QED) is 0.882. The van der Waals surface area contributed by atoms with E-state index in [1.54, 1.807) is 0 Å². The second-order valence-corrected chi connectivity index (χ2v) is 7.24. The van der Waals surface area contributed by atoms with Gasteiger partial charge in [-0.05, 0) is 67.1 Å². The van der Waals surface area contributed by atoms with Crippen molar-refractivity contribution in [2.75, 3.05) is 13.2 Å². The Morgan fingerprint density at radius 2 is 2.23 bits per heavy atom. The highest BCUT2D eigenvalue weighted by Gasteiger charge is 2.46. The van der Waals surface area contributed by atoms with Gasteiger partial charge in [-0.1, -0.05) is 18.2 Å². The number of ether oxygens (including phenoxy) is 1. The standard InChI is InChI=1S/C18H23NO3/c20-10-12-1-2-14-8-15(4-3-13(14)7-12)16-5-6-18(9-16)11-22-17(21)19-18/h3-4,8,12,16,20H,1-2,5-7,9-11H2,(H,19,21)/t12-,16-,18+/m0/s1. The summed E-state index contributed by atoms with van der Waals surface area (Å²) >= 11 is 0. The van der Waals surface area contributed by atoms with Gasteiger partial charge in [-0.2, -0.15) is 0 Å². The summed E-state index contributed by atoms with van der Waals surface area (Å²) in [4.78, 5) is 11.3. The number of nitrogens with one attached hydrogen (secondary N) is 1. The zero-order valence-electron chi connectivity index (χ0n) is 12.8. The molecule has 3 aliphatic rings. The first-order valence-electron chi connectivity index (χ1n) is 8.35. The molecule has 1 aromatic rings. The molecule has 4 heteroatoms. The molecule has 1 saturated carbocycles. The summed E-state index contributed by atoms with van der Waals surface area (Å²) in [5.41, 5.74) is 4.13. The van der Waals surface area contributed by atoms with E-state index in [-0.39, 0.29) is 11.6 Å². The number of aliphatic hydroxyl groups excluding tert-OH is 1. The number of benzene rings is 1. The van der Waals surface area contributed by atoms with Crippen LogP contribution in [-0.4, -0.2) is 30.0 Å². The van der Waals surface area contributed by atoms with Crippen LogP contribution in [0.3, 0.4) is 0 Å². The van der Waals surface area contributed by atoms with Crippen molar-refractivity contribution in [3.8, 4) is 0 Å². The second-order valence-electron chi connectivity index (χ2n) is 7.24. The lowest BCUT2D eigenvalue weighted by Gasteiger charge is -2.25. The Balaban J connectivity index is 1.51. The maximum atomic E-state index is 11.3. The van der Waals surface area contributed by atoms with E-state index in [4.69, 9.17) is 4.74 Å². The first-order valence-corrected chi connectivity index (χ1v) is 8.35. The molecule has 3 atom stereocenters. The molecule has 1 aliphatic heterocycles. The molecule has 4 rings (SSSR count). The molecule has 22 heavy (non-hydrogen) atoms. The van der Waals surface area contributed by atoms with E-state index >= 15 is 0 Å². The van der Waals surface area contributed by atoms with Gasteiger partial charge in [-0.25, -0.2) is 4.79 Å². The predicted octanol–water partition coefficient (Wildman–Crippen LogP) is 2.53. The van der Waals surface area contributed by atoms with Crippen LogP contribution in [0, 0.1) is 5.92 Å². The van der Waals surface area contributed by atoms with Crippen LogP contribution < -0.4 is 5.32 Å². The number of cyclic esters (lactones) is 1. The number of hydrogen-bond donors (Lipinski definition) is 2. The van der Waals surface area contributed by atoms with Crippen molar-refractivity contribution in [2.24, 2.45) is 5.92 Å². The molecule has 1 spiro atoms. The molecule has 2 aliphatic carbocycles. The van der Waals surface area contributed by atoms with Crippen molar-refractivity contribution in [1.29, 1.82) is 0 Å². The Kier molecular flexibility index (Phi) is 3.37. The highest BCUT2D eigenvalue weighted by Crippen LogP contribution is 2.43. The van der Waals surface area contributed by atoms with Crippen LogP contribution in [0.2, 0.25) is 0 Å². The SMILES string of the molecule is O=C1N[C@@]2(CC[C@H](c3ccc4c(c3)CC[C@H](CO)C4)C2)CO1. The number of fused-ring (bicyclic) bond motifs is 1. The fraction of sp³-hybridized carbons (Fsp3) is 0.611. The zero-order valence-corrected chi connectivity index (χ0v) is 12.8. The molecular weight excluding hydrogens is 278 g/mol. The van der Waals surface area contributed by atoms with Gasteiger partial charge >= 0.3 is 6.09 Å². The predicted molar refractivity (Wildman–Crippen MR) is 82.8 cm³/mol. The maximum Gasteiger partial charge on any atom is 0.407 e. The number of carbonyl (C=O) groups is 1. The van der Waals surface area contributed by atoms with Crippen molar-refractivity contribution in [1.82, 2.24) is 5.32 Å². The van der Waals surface area contributed by atoms with E-state index in [1.807, 2.05) is 0 Å². The molecule has 1 heterocycles. The van der Waals surface area contributed by atoms with Crippen molar-refractivity contribution in [3.63, 3.8) is 0 Å². The molecule has 1 amide bonds. The van der Waals surface area contributed by atoms with E-state index in [2.05, 4.69) is 23.5 Å². The topological polar surface area (TPSA) is 58.6 Å². The number of amides is 1. The minimum absolute atomic E-state index is 0.125. The smallest absolute Gasteiger partial charge is 0.407 e. The normalized spacial score (nSPS) is 33.6. The average molecular weight is 301 g/mol. The van der Waals surface area contributed by atoms with Gasteiger partial charge in [0.25, 0.3) is 0 Å². The summed E-state index contributed by atoms with van der Waals surface area (Å²) < 4.78 is 5.12. The van der Waals surface area contributed by atoms with Crippen LogP contribution in [0.25, 0.3) is 0 Å². The first-order chi connectivity index (χ1) is 10.7. The van der Waals surface area contributed by atoms with Gasteiger partial charge in [0.15, 0.2) is 0 Å². The summed E-state index contributed by atoms with van der Waals surface area (Å²) in [5.74, 6) is 0.946. The van der Waals surface area contributed by atoms with Crippen molar-refractivity contribution >= 4 is 6.09 Å². The van der Waals surface area contributed by atoms with Gasteiger partial charge in [0.2, 0.25) is 0 Å². The highest BCUT2D eigenvalue weighted by atomic mass is 16.6. The first kappa shape index (κ1) is 14.1. The minimum Gasteiger partial charge on any atom is -0.447 e.